The summed E-state index contributed by atoms with van der Waals surface area (Å²) in [6, 6.07) is 135. The molecule has 8 nitrogen and oxygen atoms in total. The van der Waals surface area contributed by atoms with Gasteiger partial charge in [-0.15, -0.1) is 22.7 Å². The van der Waals surface area contributed by atoms with E-state index in [0.717, 1.165) is 77.4 Å². The van der Waals surface area contributed by atoms with Gasteiger partial charge in [0.05, 0.1) is 77.8 Å². The van der Waals surface area contributed by atoms with Gasteiger partial charge in [-0.05, 0) is 166 Å². The van der Waals surface area contributed by atoms with Gasteiger partial charge in [0.15, 0.2) is 0 Å². The lowest BCUT2D eigenvalue weighted by molar-refractivity contribution is 0.00578. The Morgan fingerprint density at radius 3 is 0.850 bits per heavy atom. The van der Waals surface area contributed by atoms with Crippen LogP contribution in [0.25, 0.3) is 206 Å². The molecule has 120 heavy (non-hydrogen) atoms. The third kappa shape index (κ3) is 11.7. The summed E-state index contributed by atoms with van der Waals surface area (Å²) < 4.78 is 29.1. The second kappa shape index (κ2) is 28.3. The fourth-order valence-corrected chi connectivity index (χ4v) is 21.2. The minimum absolute atomic E-state index is 0.437. The molecule has 0 aliphatic carbocycles. The molecule has 0 atom stereocenters. The summed E-state index contributed by atoms with van der Waals surface area (Å²) in [5.74, 6) is 0. The lowest BCUT2D eigenvalue weighted by Crippen LogP contribution is -2.41. The fraction of sp³-hybridized carbons (Fsp3) is 0.0556. The Hall–Kier alpha value is -13.6. The van der Waals surface area contributed by atoms with Crippen molar-refractivity contribution < 1.29 is 9.31 Å². The number of nitrogens with zero attached hydrogens (tertiary/aromatic N) is 6. The number of hydrogen-bond acceptors (Lipinski definition) is 6. The van der Waals surface area contributed by atoms with Crippen LogP contribution in [0, 0.1) is 0 Å². The maximum atomic E-state index is 6.60. The van der Waals surface area contributed by atoms with Crippen LogP contribution in [0.5, 0.6) is 0 Å². The topological polar surface area (TPSA) is 64.0 Å². The number of hydrogen-bond donors (Lipinski definition) is 0. The Balaban J connectivity index is 0.000000113. The first kappa shape index (κ1) is 71.7. The Bertz CT molecular complexity index is 7800. The second-order valence-electron chi connectivity index (χ2n) is 32.2. The summed E-state index contributed by atoms with van der Waals surface area (Å²) in [7, 11) is -0.486. The van der Waals surface area contributed by atoms with Gasteiger partial charge in [0, 0.05) is 133 Å². The Kier molecular flexibility index (Phi) is 16.9. The van der Waals surface area contributed by atoms with Crippen molar-refractivity contribution in [2.75, 3.05) is 0 Å². The van der Waals surface area contributed by atoms with Crippen LogP contribution in [0.1, 0.15) is 27.7 Å². The van der Waals surface area contributed by atoms with Gasteiger partial charge < -0.3 is 27.6 Å². The zero-order valence-electron chi connectivity index (χ0n) is 66.1. The van der Waals surface area contributed by atoms with E-state index >= 15 is 0 Å². The van der Waals surface area contributed by atoms with Gasteiger partial charge in [-0.25, -0.2) is 9.97 Å². The third-order valence-electron chi connectivity index (χ3n) is 24.7. The lowest BCUT2D eigenvalue weighted by Gasteiger charge is -2.32. The highest BCUT2D eigenvalue weighted by Crippen LogP contribution is 2.48. The maximum Gasteiger partial charge on any atom is 0.494 e. The van der Waals surface area contributed by atoms with Gasteiger partial charge in [0.25, 0.3) is 0 Å². The Morgan fingerprint density at radius 2 is 0.525 bits per heavy atom. The maximum absolute atomic E-state index is 6.60. The van der Waals surface area contributed by atoms with E-state index in [1.165, 1.54) is 138 Å². The van der Waals surface area contributed by atoms with Crippen molar-refractivity contribution >= 4 is 201 Å². The van der Waals surface area contributed by atoms with Gasteiger partial charge >= 0.3 is 7.12 Å². The highest BCUT2D eigenvalue weighted by atomic mass is 79.9. The molecule has 0 radical (unpaired) electrons. The molecule has 570 valence electrons. The minimum atomic E-state index is -0.486. The molecule has 0 amide bonds. The molecule has 1 saturated heterocycles. The van der Waals surface area contributed by atoms with Crippen LogP contribution in [0.2, 0.25) is 0 Å². The molecule has 8 aromatic heterocycles. The molecule has 1 aliphatic heterocycles. The van der Waals surface area contributed by atoms with E-state index in [0.29, 0.717) is 0 Å². The molecule has 12 heteroatoms. The van der Waals surface area contributed by atoms with Crippen LogP contribution in [-0.2, 0) is 9.31 Å². The molecule has 0 spiro atoms. The molecule has 24 aromatic rings. The van der Waals surface area contributed by atoms with Crippen molar-refractivity contribution in [2.45, 2.75) is 38.9 Å². The van der Waals surface area contributed by atoms with Crippen molar-refractivity contribution in [3.8, 4) is 56.4 Å². The summed E-state index contributed by atoms with van der Waals surface area (Å²) in [5, 5.41) is 17.4. The smallest absolute Gasteiger partial charge is 0.399 e. The molecule has 25 rings (SSSR count). The molecule has 0 unspecified atom stereocenters. The Labute approximate surface area is 708 Å². The number of benzene rings is 16. The molecule has 0 N–H and O–H groups in total. The average Bonchev–Trinajstić information content (AvgIpc) is 1.58. The van der Waals surface area contributed by atoms with Gasteiger partial charge in [0.1, 0.15) is 0 Å². The number of halogens is 1. The highest BCUT2D eigenvalue weighted by Gasteiger charge is 2.52. The van der Waals surface area contributed by atoms with E-state index in [1.54, 1.807) is 0 Å². The number of thiophene rings is 2. The van der Waals surface area contributed by atoms with E-state index in [-0.39, 0.29) is 0 Å². The first-order valence-electron chi connectivity index (χ1n) is 40.8. The monoisotopic (exact) mass is 1640 g/mol. The van der Waals surface area contributed by atoms with E-state index in [9.17, 15) is 0 Å². The van der Waals surface area contributed by atoms with Crippen LogP contribution < -0.4 is 5.46 Å². The largest absolute Gasteiger partial charge is 0.494 e. The predicted octanol–water partition coefficient (Wildman–Crippen LogP) is 29.3. The number of pyridine rings is 2. The molecular weight excluding hydrogens is 1570 g/mol. The normalized spacial score (nSPS) is 13.4. The highest BCUT2D eigenvalue weighted by molar-refractivity contribution is 9.10. The summed E-state index contributed by atoms with van der Waals surface area (Å²) in [5.41, 5.74) is 22.7. The molecular formula is C108H74BBrN6O2S2. The zero-order valence-corrected chi connectivity index (χ0v) is 69.3. The lowest BCUT2D eigenvalue weighted by atomic mass is 9.78. The summed E-state index contributed by atoms with van der Waals surface area (Å²) in [4.78, 5) is 10.3. The van der Waals surface area contributed by atoms with Crippen molar-refractivity contribution in [1.29, 1.82) is 0 Å². The van der Waals surface area contributed by atoms with Crippen LogP contribution in [-0.4, -0.2) is 46.6 Å². The summed E-state index contributed by atoms with van der Waals surface area (Å²) >= 11 is 7.23. The van der Waals surface area contributed by atoms with Crippen molar-refractivity contribution in [3.05, 3.63) is 381 Å². The first-order chi connectivity index (χ1) is 58.9. The molecule has 1 aliphatic rings. The van der Waals surface area contributed by atoms with Gasteiger partial charge in [-0.2, -0.15) is 0 Å². The molecule has 1 fully saturated rings. The Morgan fingerprint density at radius 1 is 0.267 bits per heavy atom. The van der Waals surface area contributed by atoms with E-state index in [1.807, 2.05) is 22.7 Å². The van der Waals surface area contributed by atoms with E-state index < -0.39 is 18.3 Å². The SMILES string of the molecule is Brc1ccc(-c2nc3ccccc3c3sc4ccccc4c23)cc1.CC1(C)OB(c2cc(-n3c4ccccc4c4ccccc43)cc(-n3c4ccccc4c4ccccc43)c2)OC1(C)C.c1ccc2c(c1)nc(-c1ccc(-c3cc(-n4c5ccccc5c5ccccc54)cc(-n4c5ccccc5c5ccccc54)c3)cc1)c1c3ccccc3sc21. The summed E-state index contributed by atoms with van der Waals surface area (Å²) in [6.45, 7) is 8.44. The molecule has 0 bridgehead atoms. The van der Waals surface area contributed by atoms with Crippen LogP contribution in [0.3, 0.4) is 0 Å². The van der Waals surface area contributed by atoms with Crippen molar-refractivity contribution in [3.63, 3.8) is 0 Å². The minimum Gasteiger partial charge on any atom is -0.399 e. The van der Waals surface area contributed by atoms with E-state index in [4.69, 9.17) is 19.3 Å². The molecule has 16 aromatic carbocycles. The first-order valence-corrected chi connectivity index (χ1v) is 43.2. The predicted molar refractivity (Wildman–Crippen MR) is 513 cm³/mol. The number of aromatic nitrogens is 6. The van der Waals surface area contributed by atoms with Gasteiger partial charge in [-0.1, -0.05) is 271 Å². The van der Waals surface area contributed by atoms with Crippen LogP contribution in [0.4, 0.5) is 0 Å². The van der Waals surface area contributed by atoms with Crippen molar-refractivity contribution in [2.24, 2.45) is 0 Å². The number of fused-ring (bicyclic) bond motifs is 22. The second-order valence-corrected chi connectivity index (χ2v) is 35.3. The third-order valence-corrected chi connectivity index (χ3v) is 27.7. The average molecular weight is 1640 g/mol. The fourth-order valence-electron chi connectivity index (χ4n) is 18.5. The zero-order chi connectivity index (χ0) is 80.1. The standard InChI is InChI=1S/C51H31N3S.C36H31BN2O2.C21H12BrNS/c1-7-19-43-41(17-1)51-49(42-18-6-12-24-48(42)55-51)50(52-43)33-27-25-32(26-28-33)34-29-35(53-44-20-8-2-13-37(44)38-14-3-9-21-45(38)53)31-36(30-34)54-46-22-10-4-15-39(46)40-16-5-11-23-47(40)54;1-35(2)36(3,4)41-37(40-35)24-21-25(38-31-17-9-5-13-27(31)28-14-6-10-18-32(28)38)23-26(22-24)39-33-19-11-7-15-29(33)30-16-8-12-20-34(30)39;22-14-11-9-13(10-12-14)20-19-16-6-2-4-8-18(16)24-21(19)15-5-1-3-7-17(15)23-20/h1-31H;5-23H,1-4H3;1-12H. The molecule has 9 heterocycles. The van der Waals surface area contributed by atoms with E-state index in [2.05, 4.69) is 438 Å². The number of para-hydroxylation sites is 10. The van der Waals surface area contributed by atoms with Crippen LogP contribution in [0.15, 0.2) is 381 Å². The summed E-state index contributed by atoms with van der Waals surface area (Å²) in [6.07, 6.45) is 0. The molecule has 0 saturated carbocycles. The quantitative estimate of drug-likeness (QED) is 0.142. The van der Waals surface area contributed by atoms with Crippen LogP contribution >= 0.6 is 38.6 Å². The van der Waals surface area contributed by atoms with Gasteiger partial charge in [0.2, 0.25) is 0 Å². The van der Waals surface area contributed by atoms with Gasteiger partial charge in [-0.3, -0.25) is 0 Å². The number of rotatable bonds is 8. The van der Waals surface area contributed by atoms with Crippen molar-refractivity contribution in [1.82, 2.24) is 28.2 Å².